The zero-order valence-corrected chi connectivity index (χ0v) is 27.1. The van der Waals surface area contributed by atoms with Crippen molar-refractivity contribution < 1.29 is 23.1 Å². The highest BCUT2D eigenvalue weighted by Gasteiger charge is 2.53. The summed E-state index contributed by atoms with van der Waals surface area (Å²) in [5.41, 5.74) is 1.37. The molecule has 1 saturated heterocycles. The minimum absolute atomic E-state index is 0.0885. The Labute approximate surface area is 276 Å². The van der Waals surface area contributed by atoms with Crippen LogP contribution in [0.2, 0.25) is 10.0 Å². The highest BCUT2D eigenvalue weighted by Crippen LogP contribution is 2.45. The van der Waals surface area contributed by atoms with Gasteiger partial charge >= 0.3 is 0 Å². The van der Waals surface area contributed by atoms with E-state index in [-0.39, 0.29) is 37.1 Å². The summed E-state index contributed by atoms with van der Waals surface area (Å²) in [6.45, 7) is 1.93. The van der Waals surface area contributed by atoms with Gasteiger partial charge in [0, 0.05) is 54.1 Å². The molecule has 0 spiro atoms. The second-order valence-corrected chi connectivity index (χ2v) is 14.1. The Kier molecular flexibility index (Phi) is 8.87. The summed E-state index contributed by atoms with van der Waals surface area (Å²) in [6.07, 6.45) is 7.38. The third-order valence-corrected chi connectivity index (χ3v) is 10.6. The van der Waals surface area contributed by atoms with Gasteiger partial charge in [-0.2, -0.15) is 4.31 Å². The quantitative estimate of drug-likeness (QED) is 0.239. The molecule has 2 aliphatic rings. The molecule has 2 amide bonds. The molecule has 0 aliphatic carbocycles. The minimum Gasteiger partial charge on any atom is -0.396 e. The fourth-order valence-corrected chi connectivity index (χ4v) is 8.45. The van der Waals surface area contributed by atoms with Gasteiger partial charge in [-0.05, 0) is 55.5 Å². The van der Waals surface area contributed by atoms with Crippen molar-refractivity contribution in [2.24, 2.45) is 0 Å². The summed E-state index contributed by atoms with van der Waals surface area (Å²) in [5.74, 6) is -0.773. The predicted octanol–water partition coefficient (Wildman–Crippen LogP) is 3.93. The number of aromatic nitrogens is 4. The van der Waals surface area contributed by atoms with Crippen LogP contribution in [0.1, 0.15) is 31.7 Å². The highest BCUT2D eigenvalue weighted by atomic mass is 35.5. The van der Waals surface area contributed by atoms with E-state index in [2.05, 4.69) is 20.3 Å². The van der Waals surface area contributed by atoms with Crippen molar-refractivity contribution in [2.45, 2.75) is 49.2 Å². The lowest BCUT2D eigenvalue weighted by molar-refractivity contribution is -0.125. The maximum Gasteiger partial charge on any atom is 0.261 e. The van der Waals surface area contributed by atoms with Crippen LogP contribution in [0.15, 0.2) is 72.4 Å². The van der Waals surface area contributed by atoms with Gasteiger partial charge in [-0.15, -0.1) is 0 Å². The van der Waals surface area contributed by atoms with Gasteiger partial charge in [-0.25, -0.2) is 28.3 Å². The molecule has 0 unspecified atom stereocenters. The molecule has 2 aliphatic heterocycles. The maximum absolute atomic E-state index is 14.5. The highest BCUT2D eigenvalue weighted by molar-refractivity contribution is 7.89. The minimum atomic E-state index is -4.32. The maximum atomic E-state index is 14.5. The number of carbonyl (C=O) groups is 2. The van der Waals surface area contributed by atoms with E-state index < -0.39 is 33.4 Å². The number of nitrogens with zero attached hydrogens (tertiary/aromatic N) is 6. The number of hydrogen-bond acceptors (Lipinski definition) is 8. The Bertz CT molecular complexity index is 1870. The number of aliphatic hydroxyl groups excluding tert-OH is 1. The molecule has 4 heterocycles. The van der Waals surface area contributed by atoms with Crippen LogP contribution in [0.3, 0.4) is 0 Å². The number of anilines is 2. The van der Waals surface area contributed by atoms with E-state index in [0.717, 1.165) is 16.7 Å². The van der Waals surface area contributed by atoms with Crippen LogP contribution in [-0.2, 0) is 31.6 Å². The number of aliphatic hydroxyl groups is 1. The predicted molar refractivity (Wildman–Crippen MR) is 172 cm³/mol. The fourth-order valence-electron chi connectivity index (χ4n) is 6.09. The van der Waals surface area contributed by atoms with Gasteiger partial charge in [0.1, 0.15) is 17.9 Å². The molecule has 240 valence electrons. The summed E-state index contributed by atoms with van der Waals surface area (Å²) in [6, 6.07) is 11.3. The Morgan fingerprint density at radius 1 is 1.07 bits per heavy atom. The van der Waals surface area contributed by atoms with Crippen molar-refractivity contribution in [1.82, 2.24) is 29.1 Å². The Hall–Kier alpha value is -3.88. The molecule has 46 heavy (non-hydrogen) atoms. The lowest BCUT2D eigenvalue weighted by Gasteiger charge is -2.29. The molecule has 0 saturated carbocycles. The van der Waals surface area contributed by atoms with Gasteiger partial charge < -0.3 is 10.4 Å². The Morgan fingerprint density at radius 3 is 2.43 bits per heavy atom. The molecule has 4 aromatic rings. The van der Waals surface area contributed by atoms with Crippen LogP contribution in [0.5, 0.6) is 0 Å². The summed E-state index contributed by atoms with van der Waals surface area (Å²) in [7, 11) is -4.32. The number of amides is 2. The van der Waals surface area contributed by atoms with Crippen molar-refractivity contribution in [3.8, 4) is 11.1 Å². The van der Waals surface area contributed by atoms with Crippen molar-refractivity contribution in [3.63, 3.8) is 0 Å². The van der Waals surface area contributed by atoms with Gasteiger partial charge in [0.05, 0.1) is 11.9 Å². The standard InChI is InChI=1S/C31H31Cl2N7O5S/c1-31(15-20-5-7-21(8-6-20)22-16-34-19-35-17-22)29(43)39(25-13-23(32)12-24(33)14-25)30-37-18-27(40(30)31)46(44,45)38-10-2-4-26(38)28(42)36-9-3-11-41/h5-8,12-14,16-19,26,41H,2-4,9-11,15H2,1H3,(H,36,42)/t26-,31+/m0/s1. The third kappa shape index (κ3) is 5.77. The molecule has 2 aromatic heterocycles. The number of rotatable bonds is 10. The smallest absolute Gasteiger partial charge is 0.261 e. The molecule has 12 nitrogen and oxygen atoms in total. The topological polar surface area (TPSA) is 151 Å². The number of hydrogen-bond donors (Lipinski definition) is 2. The molecule has 0 bridgehead atoms. The van der Waals surface area contributed by atoms with Crippen molar-refractivity contribution >= 4 is 56.7 Å². The summed E-state index contributed by atoms with van der Waals surface area (Å²) >= 11 is 12.6. The number of halogens is 2. The van der Waals surface area contributed by atoms with E-state index in [4.69, 9.17) is 28.3 Å². The van der Waals surface area contributed by atoms with Crippen LogP contribution in [0.4, 0.5) is 11.6 Å². The van der Waals surface area contributed by atoms with E-state index >= 15 is 0 Å². The number of nitrogens with one attached hydrogen (secondary N) is 1. The van der Waals surface area contributed by atoms with Crippen LogP contribution in [0.25, 0.3) is 11.1 Å². The summed E-state index contributed by atoms with van der Waals surface area (Å²) in [4.78, 5) is 41.4. The van der Waals surface area contributed by atoms with E-state index in [9.17, 15) is 18.0 Å². The number of carbonyl (C=O) groups excluding carboxylic acids is 2. The van der Waals surface area contributed by atoms with Crippen molar-refractivity contribution in [1.29, 1.82) is 0 Å². The van der Waals surface area contributed by atoms with Gasteiger partial charge in [0.2, 0.25) is 11.9 Å². The average molecular weight is 685 g/mol. The van der Waals surface area contributed by atoms with E-state index in [0.29, 0.717) is 35.0 Å². The molecule has 2 atom stereocenters. The van der Waals surface area contributed by atoms with Gasteiger partial charge in [-0.3, -0.25) is 14.2 Å². The summed E-state index contributed by atoms with van der Waals surface area (Å²) < 4.78 is 31.3. The zero-order valence-electron chi connectivity index (χ0n) is 24.8. The van der Waals surface area contributed by atoms with Crippen molar-refractivity contribution in [3.05, 3.63) is 83.0 Å². The first-order valence-corrected chi connectivity index (χ1v) is 16.9. The van der Waals surface area contributed by atoms with Crippen LogP contribution < -0.4 is 10.2 Å². The largest absolute Gasteiger partial charge is 0.396 e. The third-order valence-electron chi connectivity index (χ3n) is 8.28. The first-order chi connectivity index (χ1) is 22.0. The van der Waals surface area contributed by atoms with E-state index in [1.165, 1.54) is 32.4 Å². The number of sulfonamides is 1. The Morgan fingerprint density at radius 2 is 1.76 bits per heavy atom. The first-order valence-electron chi connectivity index (χ1n) is 14.7. The van der Waals surface area contributed by atoms with E-state index in [1.54, 1.807) is 31.5 Å². The summed E-state index contributed by atoms with van der Waals surface area (Å²) in [5, 5.41) is 12.2. The second-order valence-electron chi connectivity index (χ2n) is 11.4. The van der Waals surface area contributed by atoms with Crippen molar-refractivity contribution in [2.75, 3.05) is 24.6 Å². The SMILES string of the molecule is C[C@@]1(Cc2ccc(-c3cncnc3)cc2)C(=O)N(c2cc(Cl)cc(Cl)c2)c2ncc(S(=O)(=O)N3CCC[C@H]3C(=O)NCCCO)n21. The second kappa shape index (κ2) is 12.7. The lowest BCUT2D eigenvalue weighted by Crippen LogP contribution is -2.47. The van der Waals surface area contributed by atoms with Gasteiger partial charge in [0.25, 0.3) is 15.9 Å². The number of imidazole rings is 1. The molecular formula is C31H31Cl2N7O5S. The molecule has 2 aromatic carbocycles. The van der Waals surface area contributed by atoms with E-state index in [1.807, 2.05) is 24.3 Å². The molecule has 0 radical (unpaired) electrons. The first kappa shape index (κ1) is 32.1. The number of fused-ring (bicyclic) bond motifs is 1. The van der Waals surface area contributed by atoms with Crippen LogP contribution in [0, 0.1) is 0 Å². The molecule has 2 N–H and O–H groups in total. The van der Waals surface area contributed by atoms with Gasteiger partial charge in [0.15, 0.2) is 5.03 Å². The molecule has 1 fully saturated rings. The van der Waals surface area contributed by atoms with Crippen LogP contribution in [-0.4, -0.2) is 74.9 Å². The average Bonchev–Trinajstić information content (AvgIpc) is 3.75. The number of benzene rings is 2. The fraction of sp³-hybridized carbons (Fsp3) is 0.323. The molecule has 15 heteroatoms. The van der Waals surface area contributed by atoms with Crippen LogP contribution >= 0.6 is 23.2 Å². The monoisotopic (exact) mass is 683 g/mol. The molecular weight excluding hydrogens is 653 g/mol. The normalized spacial score (nSPS) is 19.9. The lowest BCUT2D eigenvalue weighted by atomic mass is 9.91. The molecule has 6 rings (SSSR count). The van der Waals surface area contributed by atoms with Gasteiger partial charge in [-0.1, -0.05) is 47.5 Å². The Balaban J connectivity index is 1.42. The zero-order chi connectivity index (χ0) is 32.6.